The van der Waals surface area contributed by atoms with Gasteiger partial charge in [0.15, 0.2) is 17.4 Å². The van der Waals surface area contributed by atoms with Crippen molar-refractivity contribution in [3.05, 3.63) is 59.3 Å². The van der Waals surface area contributed by atoms with E-state index in [2.05, 4.69) is 51.1 Å². The van der Waals surface area contributed by atoms with Crippen LogP contribution >= 0.6 is 0 Å². The number of hydrogen-bond donors (Lipinski definition) is 1. The van der Waals surface area contributed by atoms with E-state index in [1.807, 2.05) is 19.9 Å². The molecule has 3 aromatic rings. The van der Waals surface area contributed by atoms with E-state index >= 15 is 0 Å². The Morgan fingerprint density at radius 2 is 1.80 bits per heavy atom. The Labute approximate surface area is 205 Å². The molecule has 0 fully saturated rings. The Bertz CT molecular complexity index is 1250. The number of halogens is 2. The number of nitrogens with zero attached hydrogens (tertiary/aromatic N) is 4. The van der Waals surface area contributed by atoms with Gasteiger partial charge in [0.2, 0.25) is 5.95 Å². The average molecular weight is 480 g/mol. The summed E-state index contributed by atoms with van der Waals surface area (Å²) in [5.74, 6) is -0.681. The molecule has 1 aromatic heterocycles. The monoisotopic (exact) mass is 479 g/mol. The van der Waals surface area contributed by atoms with E-state index < -0.39 is 11.6 Å². The summed E-state index contributed by atoms with van der Waals surface area (Å²) in [6, 6.07) is 9.87. The van der Waals surface area contributed by atoms with Crippen LogP contribution in [0.1, 0.15) is 38.8 Å². The molecule has 0 saturated heterocycles. The number of hydrogen-bond acceptors (Lipinski definition) is 6. The van der Waals surface area contributed by atoms with Crippen LogP contribution in [0.25, 0.3) is 11.3 Å². The van der Waals surface area contributed by atoms with Crippen molar-refractivity contribution in [3.8, 4) is 17.0 Å². The Hall–Kier alpha value is -3.26. The molecule has 6 nitrogen and oxygen atoms in total. The molecule has 0 unspecified atom stereocenters. The van der Waals surface area contributed by atoms with Gasteiger partial charge in [-0.15, -0.1) is 0 Å². The Morgan fingerprint density at radius 3 is 2.57 bits per heavy atom. The minimum atomic E-state index is -0.610. The molecule has 2 aliphatic heterocycles. The topological polar surface area (TPSA) is 53.5 Å². The van der Waals surface area contributed by atoms with Gasteiger partial charge in [-0.05, 0) is 69.5 Å². The highest BCUT2D eigenvalue weighted by atomic mass is 19.1. The molecular formula is C27H31F2N5O. The zero-order valence-corrected chi connectivity index (χ0v) is 20.6. The fraction of sp³-hybridized carbons (Fsp3) is 0.407. The van der Waals surface area contributed by atoms with Crippen LogP contribution in [0.5, 0.6) is 5.75 Å². The second kappa shape index (κ2) is 9.41. The van der Waals surface area contributed by atoms with E-state index in [-0.39, 0.29) is 23.4 Å². The van der Waals surface area contributed by atoms with Gasteiger partial charge in [-0.3, -0.25) is 4.90 Å². The van der Waals surface area contributed by atoms with Crippen LogP contribution in [-0.2, 0) is 13.0 Å². The molecule has 5 rings (SSSR count). The van der Waals surface area contributed by atoms with Gasteiger partial charge in [0.05, 0.1) is 18.4 Å². The summed E-state index contributed by atoms with van der Waals surface area (Å²) in [5.41, 5.74) is 4.44. The quantitative estimate of drug-likeness (QED) is 0.519. The maximum absolute atomic E-state index is 14.9. The molecule has 0 bridgehead atoms. The Balaban J connectivity index is 1.45. The predicted octanol–water partition coefficient (Wildman–Crippen LogP) is 5.54. The molecule has 0 spiro atoms. The summed E-state index contributed by atoms with van der Waals surface area (Å²) >= 11 is 0. The van der Waals surface area contributed by atoms with E-state index in [0.29, 0.717) is 30.4 Å². The molecule has 8 heteroatoms. The molecule has 35 heavy (non-hydrogen) atoms. The number of fused-ring (bicyclic) bond motifs is 2. The first-order valence-electron chi connectivity index (χ1n) is 12.2. The van der Waals surface area contributed by atoms with Gasteiger partial charge in [0.1, 0.15) is 12.3 Å². The third-order valence-electron chi connectivity index (χ3n) is 6.79. The number of benzene rings is 2. The summed E-state index contributed by atoms with van der Waals surface area (Å²) in [5, 5.41) is 3.20. The highest BCUT2D eigenvalue weighted by molar-refractivity contribution is 5.73. The van der Waals surface area contributed by atoms with E-state index in [1.165, 1.54) is 17.2 Å². The molecule has 2 aliphatic rings. The van der Waals surface area contributed by atoms with Gasteiger partial charge < -0.3 is 15.0 Å². The lowest BCUT2D eigenvalue weighted by Gasteiger charge is -2.34. The fourth-order valence-electron chi connectivity index (χ4n) is 4.83. The molecule has 2 aromatic carbocycles. The predicted molar refractivity (Wildman–Crippen MR) is 134 cm³/mol. The van der Waals surface area contributed by atoms with Gasteiger partial charge in [0, 0.05) is 36.4 Å². The van der Waals surface area contributed by atoms with Crippen LogP contribution in [0, 0.1) is 11.6 Å². The molecule has 1 N–H and O–H groups in total. The minimum absolute atomic E-state index is 0.0439. The van der Waals surface area contributed by atoms with E-state index in [4.69, 9.17) is 4.74 Å². The molecule has 0 atom stereocenters. The smallest absolute Gasteiger partial charge is 0.227 e. The standard InChI is InChI=1S/C27H31F2N5O/c1-16(2)33-8-7-18-5-6-21(11-20(18)15-33)31-27-30-14-23(29)25(32-27)19-12-22(28)26-24(13-19)34(17(3)4)9-10-35-26/h5-6,11-14,16-17H,7-10,15H2,1-4H3,(H,30,31,32). The van der Waals surface area contributed by atoms with Crippen LogP contribution in [0.3, 0.4) is 0 Å². The van der Waals surface area contributed by atoms with Crippen molar-refractivity contribution in [1.82, 2.24) is 14.9 Å². The van der Waals surface area contributed by atoms with E-state index in [0.717, 1.165) is 31.4 Å². The number of aromatic nitrogens is 2. The van der Waals surface area contributed by atoms with E-state index in [1.54, 1.807) is 6.07 Å². The fourth-order valence-corrected chi connectivity index (χ4v) is 4.83. The van der Waals surface area contributed by atoms with Crippen molar-refractivity contribution in [2.75, 3.05) is 29.9 Å². The number of anilines is 3. The highest BCUT2D eigenvalue weighted by Crippen LogP contribution is 2.39. The number of rotatable bonds is 5. The summed E-state index contributed by atoms with van der Waals surface area (Å²) in [6.45, 7) is 11.5. The van der Waals surface area contributed by atoms with Crippen molar-refractivity contribution in [3.63, 3.8) is 0 Å². The van der Waals surface area contributed by atoms with Gasteiger partial charge in [-0.25, -0.2) is 18.7 Å². The first kappa shape index (κ1) is 23.5. The van der Waals surface area contributed by atoms with Gasteiger partial charge in [-0.1, -0.05) is 6.07 Å². The maximum Gasteiger partial charge on any atom is 0.227 e. The molecule has 0 aliphatic carbocycles. The average Bonchev–Trinajstić information content (AvgIpc) is 2.84. The lowest BCUT2D eigenvalue weighted by atomic mass is 9.98. The van der Waals surface area contributed by atoms with Gasteiger partial charge in [-0.2, -0.15) is 0 Å². The first-order valence-corrected chi connectivity index (χ1v) is 12.2. The third-order valence-corrected chi connectivity index (χ3v) is 6.79. The lowest BCUT2D eigenvalue weighted by Crippen LogP contribution is -2.38. The third kappa shape index (κ3) is 4.67. The highest BCUT2D eigenvalue weighted by Gasteiger charge is 2.26. The van der Waals surface area contributed by atoms with Crippen LogP contribution < -0.4 is 15.0 Å². The zero-order valence-electron chi connectivity index (χ0n) is 20.6. The minimum Gasteiger partial charge on any atom is -0.486 e. The van der Waals surface area contributed by atoms with Gasteiger partial charge >= 0.3 is 0 Å². The summed E-state index contributed by atoms with van der Waals surface area (Å²) in [7, 11) is 0. The maximum atomic E-state index is 14.9. The van der Waals surface area contributed by atoms with Crippen molar-refractivity contribution >= 4 is 17.3 Å². The molecule has 184 valence electrons. The van der Waals surface area contributed by atoms with Crippen LogP contribution in [-0.4, -0.2) is 46.6 Å². The summed E-state index contributed by atoms with van der Waals surface area (Å²) < 4.78 is 35.3. The van der Waals surface area contributed by atoms with Crippen molar-refractivity contribution in [2.45, 2.75) is 52.7 Å². The second-order valence-corrected chi connectivity index (χ2v) is 9.75. The summed E-state index contributed by atoms with van der Waals surface area (Å²) in [4.78, 5) is 13.0. The van der Waals surface area contributed by atoms with Crippen molar-refractivity contribution in [1.29, 1.82) is 0 Å². The molecule has 3 heterocycles. The number of ether oxygens (including phenoxy) is 1. The van der Waals surface area contributed by atoms with Crippen molar-refractivity contribution < 1.29 is 13.5 Å². The number of nitrogens with one attached hydrogen (secondary N) is 1. The van der Waals surface area contributed by atoms with Crippen LogP contribution in [0.15, 0.2) is 36.5 Å². The lowest BCUT2D eigenvalue weighted by molar-refractivity contribution is 0.203. The largest absolute Gasteiger partial charge is 0.486 e. The Kier molecular flexibility index (Phi) is 6.32. The SMILES string of the molecule is CC(C)N1CCc2ccc(Nc3ncc(F)c(-c4cc(F)c5c(c4)N(C(C)C)CCO5)n3)cc2C1. The normalized spacial score (nSPS) is 15.7. The molecular weight excluding hydrogens is 448 g/mol. The first-order chi connectivity index (χ1) is 16.8. The van der Waals surface area contributed by atoms with Crippen LogP contribution in [0.4, 0.5) is 26.1 Å². The second-order valence-electron chi connectivity index (χ2n) is 9.75. The Morgan fingerprint density at radius 1 is 0.971 bits per heavy atom. The molecule has 0 radical (unpaired) electrons. The van der Waals surface area contributed by atoms with E-state index in [9.17, 15) is 8.78 Å². The van der Waals surface area contributed by atoms with Gasteiger partial charge in [0.25, 0.3) is 0 Å². The summed E-state index contributed by atoms with van der Waals surface area (Å²) in [6.07, 6.45) is 2.14. The zero-order chi connectivity index (χ0) is 24.7. The van der Waals surface area contributed by atoms with Crippen molar-refractivity contribution in [2.24, 2.45) is 0 Å². The van der Waals surface area contributed by atoms with Crippen LogP contribution in [0.2, 0.25) is 0 Å². The molecule has 0 saturated carbocycles. The molecule has 0 amide bonds.